The molecule has 0 atom stereocenters. The smallest absolute Gasteiger partial charge is 0.211 e. The van der Waals surface area contributed by atoms with Crippen LogP contribution in [0.3, 0.4) is 0 Å². The van der Waals surface area contributed by atoms with E-state index in [1.165, 1.54) is 12.8 Å². The Morgan fingerprint density at radius 2 is 1.79 bits per heavy atom. The molecule has 19 heavy (non-hydrogen) atoms. The minimum atomic E-state index is -3.34. The van der Waals surface area contributed by atoms with E-state index >= 15 is 0 Å². The third-order valence-corrected chi connectivity index (χ3v) is 5.49. The van der Waals surface area contributed by atoms with E-state index in [0.29, 0.717) is 17.4 Å². The third-order valence-electron chi connectivity index (χ3n) is 3.65. The average molecular weight is 346 g/mol. The summed E-state index contributed by atoms with van der Waals surface area (Å²) in [5, 5.41) is 0.888. The molecule has 0 saturated heterocycles. The quantitative estimate of drug-likeness (QED) is 0.805. The van der Waals surface area contributed by atoms with Crippen LogP contribution in [0.5, 0.6) is 0 Å². The monoisotopic (exact) mass is 345 g/mol. The van der Waals surface area contributed by atoms with Crippen LogP contribution in [0.25, 0.3) is 0 Å². The lowest BCUT2D eigenvalue weighted by atomic mass is 10.1. The molecule has 1 fully saturated rings. The van der Waals surface area contributed by atoms with Crippen molar-refractivity contribution in [3.05, 3.63) is 29.8 Å². The van der Waals surface area contributed by atoms with Gasteiger partial charge in [0.1, 0.15) is 0 Å². The number of aryl methyl sites for hydroxylation is 1. The van der Waals surface area contributed by atoms with Crippen LogP contribution in [0.1, 0.15) is 31.2 Å². The fourth-order valence-electron chi connectivity index (χ4n) is 2.47. The molecule has 1 aliphatic rings. The first-order valence-corrected chi connectivity index (χ1v) is 9.37. The van der Waals surface area contributed by atoms with E-state index in [1.54, 1.807) is 12.1 Å². The highest BCUT2D eigenvalue weighted by atomic mass is 79.9. The van der Waals surface area contributed by atoms with Gasteiger partial charge in [0, 0.05) is 11.9 Å². The first-order chi connectivity index (χ1) is 9.12. The number of alkyl halides is 1. The molecule has 1 aliphatic carbocycles. The Morgan fingerprint density at radius 3 is 2.37 bits per heavy atom. The van der Waals surface area contributed by atoms with Crippen LogP contribution in [0.4, 0.5) is 0 Å². The minimum Gasteiger partial charge on any atom is -0.211 e. The normalized spacial score (nSPS) is 16.9. The lowest BCUT2D eigenvalue weighted by Gasteiger charge is -2.11. The summed E-state index contributed by atoms with van der Waals surface area (Å²) in [6.07, 6.45) is 5.66. The molecule has 0 amide bonds. The van der Waals surface area contributed by atoms with Crippen molar-refractivity contribution < 1.29 is 8.42 Å². The highest BCUT2D eigenvalue weighted by Crippen LogP contribution is 2.24. The van der Waals surface area contributed by atoms with Gasteiger partial charge in [-0.25, -0.2) is 13.1 Å². The molecule has 0 radical (unpaired) electrons. The largest absolute Gasteiger partial charge is 0.240 e. The first-order valence-electron chi connectivity index (χ1n) is 6.76. The third kappa shape index (κ3) is 4.29. The summed E-state index contributed by atoms with van der Waals surface area (Å²) in [6, 6.07) is 7.14. The van der Waals surface area contributed by atoms with Crippen LogP contribution < -0.4 is 4.72 Å². The van der Waals surface area contributed by atoms with Gasteiger partial charge in [-0.15, -0.1) is 0 Å². The summed E-state index contributed by atoms with van der Waals surface area (Å²) in [5.74, 6) is 0.516. The van der Waals surface area contributed by atoms with E-state index in [1.807, 2.05) is 12.1 Å². The molecule has 1 aromatic rings. The van der Waals surface area contributed by atoms with Gasteiger partial charge in [-0.3, -0.25) is 0 Å². The van der Waals surface area contributed by atoms with Crippen LogP contribution in [0.15, 0.2) is 29.2 Å². The van der Waals surface area contributed by atoms with Gasteiger partial charge in [0.2, 0.25) is 10.0 Å². The van der Waals surface area contributed by atoms with Crippen molar-refractivity contribution in [3.63, 3.8) is 0 Å². The maximum absolute atomic E-state index is 12.1. The summed E-state index contributed by atoms with van der Waals surface area (Å²) in [6.45, 7) is 0.575. The second-order valence-corrected chi connectivity index (χ2v) is 7.65. The molecular formula is C14H20BrNO2S. The van der Waals surface area contributed by atoms with Crippen LogP contribution >= 0.6 is 15.9 Å². The van der Waals surface area contributed by atoms with Gasteiger partial charge in [0.15, 0.2) is 0 Å². The number of hydrogen-bond donors (Lipinski definition) is 1. The molecule has 0 unspecified atom stereocenters. The Kier molecular flexibility index (Phi) is 5.42. The molecule has 5 heteroatoms. The number of sulfonamides is 1. The standard InChI is InChI=1S/C14H20BrNO2S/c15-10-9-12-5-7-14(8-6-12)19(17,18)16-11-13-3-1-2-4-13/h5-8,13,16H,1-4,9-11H2. The van der Waals surface area contributed by atoms with Crippen molar-refractivity contribution in [3.8, 4) is 0 Å². The minimum absolute atomic E-state index is 0.365. The topological polar surface area (TPSA) is 46.2 Å². The molecule has 3 nitrogen and oxygen atoms in total. The van der Waals surface area contributed by atoms with Crippen LogP contribution in [-0.4, -0.2) is 20.3 Å². The van der Waals surface area contributed by atoms with Crippen molar-refractivity contribution in [1.29, 1.82) is 0 Å². The Labute approximate surface area is 124 Å². The average Bonchev–Trinajstić information content (AvgIpc) is 2.91. The van der Waals surface area contributed by atoms with Gasteiger partial charge in [-0.2, -0.15) is 0 Å². The van der Waals surface area contributed by atoms with E-state index < -0.39 is 10.0 Å². The van der Waals surface area contributed by atoms with E-state index in [2.05, 4.69) is 20.7 Å². The number of nitrogens with one attached hydrogen (secondary N) is 1. The predicted molar refractivity (Wildman–Crippen MR) is 81.1 cm³/mol. The lowest BCUT2D eigenvalue weighted by molar-refractivity contribution is 0.519. The van der Waals surface area contributed by atoms with Gasteiger partial charge in [0.25, 0.3) is 0 Å². The number of benzene rings is 1. The molecule has 1 aromatic carbocycles. The van der Waals surface area contributed by atoms with E-state index in [9.17, 15) is 8.42 Å². The van der Waals surface area contributed by atoms with Gasteiger partial charge in [0.05, 0.1) is 4.90 Å². The second kappa shape index (κ2) is 6.86. The van der Waals surface area contributed by atoms with Crippen LogP contribution in [0, 0.1) is 5.92 Å². The zero-order valence-corrected chi connectivity index (χ0v) is 13.3. The van der Waals surface area contributed by atoms with Gasteiger partial charge in [-0.1, -0.05) is 40.9 Å². The van der Waals surface area contributed by atoms with E-state index in [-0.39, 0.29) is 0 Å². The summed E-state index contributed by atoms with van der Waals surface area (Å²) >= 11 is 3.38. The van der Waals surface area contributed by atoms with Crippen molar-refractivity contribution in [2.75, 3.05) is 11.9 Å². The van der Waals surface area contributed by atoms with Crippen molar-refractivity contribution in [1.82, 2.24) is 4.72 Å². The summed E-state index contributed by atoms with van der Waals surface area (Å²) in [4.78, 5) is 0.365. The van der Waals surface area contributed by atoms with Gasteiger partial charge >= 0.3 is 0 Å². The summed E-state index contributed by atoms with van der Waals surface area (Å²) in [7, 11) is -3.34. The number of halogens is 1. The summed E-state index contributed by atoms with van der Waals surface area (Å²) in [5.41, 5.74) is 1.15. The molecule has 2 rings (SSSR count). The highest BCUT2D eigenvalue weighted by Gasteiger charge is 2.19. The summed E-state index contributed by atoms with van der Waals surface area (Å²) < 4.78 is 27.0. The van der Waals surface area contributed by atoms with Crippen LogP contribution in [-0.2, 0) is 16.4 Å². The molecule has 0 aliphatic heterocycles. The van der Waals surface area contributed by atoms with Gasteiger partial charge in [-0.05, 0) is 42.9 Å². The molecule has 1 saturated carbocycles. The molecule has 0 spiro atoms. The molecule has 106 valence electrons. The molecule has 0 heterocycles. The maximum Gasteiger partial charge on any atom is 0.240 e. The predicted octanol–water partition coefficient (Wildman–Crippen LogP) is 3.09. The number of hydrogen-bond acceptors (Lipinski definition) is 2. The van der Waals surface area contributed by atoms with Crippen molar-refractivity contribution in [2.24, 2.45) is 5.92 Å². The Hall–Kier alpha value is -0.390. The zero-order valence-electron chi connectivity index (χ0n) is 10.9. The highest BCUT2D eigenvalue weighted by molar-refractivity contribution is 9.09. The molecule has 1 N–H and O–H groups in total. The van der Waals surface area contributed by atoms with E-state index in [0.717, 1.165) is 30.2 Å². The molecule has 0 aromatic heterocycles. The maximum atomic E-state index is 12.1. The Morgan fingerprint density at radius 1 is 1.16 bits per heavy atom. The zero-order chi connectivity index (χ0) is 13.7. The van der Waals surface area contributed by atoms with E-state index in [4.69, 9.17) is 0 Å². The SMILES string of the molecule is O=S(=O)(NCC1CCCC1)c1ccc(CCBr)cc1. The fraction of sp³-hybridized carbons (Fsp3) is 0.571. The number of rotatable bonds is 6. The molecular weight excluding hydrogens is 326 g/mol. The van der Waals surface area contributed by atoms with Gasteiger partial charge < -0.3 is 0 Å². The lowest BCUT2D eigenvalue weighted by Crippen LogP contribution is -2.28. The Balaban J connectivity index is 1.97. The van der Waals surface area contributed by atoms with Crippen LogP contribution in [0.2, 0.25) is 0 Å². The fourth-order valence-corrected chi connectivity index (χ4v) is 4.04. The van der Waals surface area contributed by atoms with Crippen molar-refractivity contribution in [2.45, 2.75) is 37.0 Å². The second-order valence-electron chi connectivity index (χ2n) is 5.09. The van der Waals surface area contributed by atoms with Crippen molar-refractivity contribution >= 4 is 26.0 Å². The molecule has 0 bridgehead atoms. The first kappa shape index (κ1) is 15.0. The Bertz CT molecular complexity index is 493.